The van der Waals surface area contributed by atoms with Gasteiger partial charge in [-0.15, -0.1) is 0 Å². The first kappa shape index (κ1) is 18.0. The lowest BCUT2D eigenvalue weighted by molar-refractivity contribution is -0.118. The Labute approximate surface area is 154 Å². The van der Waals surface area contributed by atoms with Crippen LogP contribution in [0.4, 0.5) is 5.69 Å². The minimum atomic E-state index is -0.117. The second-order valence-corrected chi connectivity index (χ2v) is 6.49. The zero-order valence-electron chi connectivity index (χ0n) is 15.4. The molecule has 0 aliphatic carbocycles. The number of fused-ring (bicyclic) bond motifs is 1. The van der Waals surface area contributed by atoms with E-state index in [0.717, 1.165) is 22.6 Å². The number of hydrogen-bond acceptors (Lipinski definition) is 3. The largest absolute Gasteiger partial charge is 0.494 e. The highest BCUT2D eigenvalue weighted by Gasteiger charge is 2.22. The van der Waals surface area contributed by atoms with Crippen LogP contribution in [0.5, 0.6) is 5.75 Å². The normalized spacial score (nSPS) is 14.6. The summed E-state index contributed by atoms with van der Waals surface area (Å²) in [5, 5.41) is 3.03. The van der Waals surface area contributed by atoms with E-state index in [-0.39, 0.29) is 17.9 Å². The van der Waals surface area contributed by atoms with Crippen molar-refractivity contribution in [2.45, 2.75) is 32.7 Å². The van der Waals surface area contributed by atoms with Gasteiger partial charge in [0.05, 0.1) is 12.6 Å². The van der Waals surface area contributed by atoms with E-state index < -0.39 is 0 Å². The summed E-state index contributed by atoms with van der Waals surface area (Å²) in [5.74, 6) is 0.815. The van der Waals surface area contributed by atoms with E-state index in [1.165, 1.54) is 0 Å². The number of rotatable bonds is 5. The summed E-state index contributed by atoms with van der Waals surface area (Å²) in [7, 11) is 1.77. The lowest BCUT2D eigenvalue weighted by Crippen LogP contribution is -2.32. The molecular formula is C21H24N2O3. The third kappa shape index (κ3) is 3.72. The average Bonchev–Trinajstić information content (AvgIpc) is 2.65. The molecule has 1 N–H and O–H groups in total. The van der Waals surface area contributed by atoms with Crippen molar-refractivity contribution in [1.29, 1.82) is 0 Å². The number of nitrogens with zero attached hydrogens (tertiary/aromatic N) is 1. The fraction of sp³-hybridized carbons (Fsp3) is 0.333. The first-order valence-corrected chi connectivity index (χ1v) is 8.92. The van der Waals surface area contributed by atoms with E-state index in [1.807, 2.05) is 50.2 Å². The number of hydrogen-bond donors (Lipinski definition) is 1. The lowest BCUT2D eigenvalue weighted by Gasteiger charge is -2.26. The van der Waals surface area contributed by atoms with Crippen molar-refractivity contribution in [3.63, 3.8) is 0 Å². The van der Waals surface area contributed by atoms with Crippen LogP contribution in [0.1, 0.15) is 47.8 Å². The zero-order valence-corrected chi connectivity index (χ0v) is 15.4. The first-order valence-electron chi connectivity index (χ1n) is 8.92. The van der Waals surface area contributed by atoms with Gasteiger partial charge in [-0.2, -0.15) is 0 Å². The van der Waals surface area contributed by atoms with E-state index in [4.69, 9.17) is 4.74 Å². The van der Waals surface area contributed by atoms with Crippen LogP contribution in [-0.4, -0.2) is 25.5 Å². The average molecular weight is 352 g/mol. The molecule has 0 saturated carbocycles. The Kier molecular flexibility index (Phi) is 5.26. The number of carbonyl (C=O) groups is 2. The van der Waals surface area contributed by atoms with E-state index >= 15 is 0 Å². The Bertz CT molecular complexity index is 815. The molecule has 0 fully saturated rings. The molecule has 26 heavy (non-hydrogen) atoms. The molecule has 1 heterocycles. The van der Waals surface area contributed by atoms with Gasteiger partial charge in [-0.25, -0.2) is 0 Å². The molecule has 5 heteroatoms. The highest BCUT2D eigenvalue weighted by atomic mass is 16.5. The number of anilines is 1. The number of amides is 2. The standard InChI is InChI=1S/C21H24N2O3/c1-4-26-18-9-5-15(6-10-18)14(2)22-21(25)17-7-11-19-16(13-17)8-12-20(24)23(19)3/h5-7,9-11,13-14H,4,8,12H2,1-3H3,(H,22,25). The van der Waals surface area contributed by atoms with Crippen LogP contribution in [0.2, 0.25) is 0 Å². The van der Waals surface area contributed by atoms with Gasteiger partial charge in [0.25, 0.3) is 5.91 Å². The van der Waals surface area contributed by atoms with Gasteiger partial charge in [-0.1, -0.05) is 12.1 Å². The lowest BCUT2D eigenvalue weighted by atomic mass is 9.98. The fourth-order valence-corrected chi connectivity index (χ4v) is 3.18. The highest BCUT2D eigenvalue weighted by molar-refractivity contribution is 5.99. The van der Waals surface area contributed by atoms with Crippen LogP contribution < -0.4 is 15.0 Å². The van der Waals surface area contributed by atoms with Crippen LogP contribution >= 0.6 is 0 Å². The van der Waals surface area contributed by atoms with Crippen LogP contribution in [0, 0.1) is 0 Å². The monoisotopic (exact) mass is 352 g/mol. The maximum atomic E-state index is 12.6. The number of carbonyl (C=O) groups excluding carboxylic acids is 2. The van der Waals surface area contributed by atoms with Crippen LogP contribution in [0.3, 0.4) is 0 Å². The van der Waals surface area contributed by atoms with E-state index in [1.54, 1.807) is 18.0 Å². The molecule has 0 spiro atoms. The third-order valence-electron chi connectivity index (χ3n) is 4.72. The van der Waals surface area contributed by atoms with Crippen molar-refractivity contribution in [2.75, 3.05) is 18.6 Å². The maximum absolute atomic E-state index is 12.6. The number of aryl methyl sites for hydroxylation is 1. The van der Waals surface area contributed by atoms with E-state index in [9.17, 15) is 9.59 Å². The van der Waals surface area contributed by atoms with Gasteiger partial charge in [-0.05, 0) is 61.7 Å². The van der Waals surface area contributed by atoms with Crippen molar-refractivity contribution in [3.05, 3.63) is 59.2 Å². The van der Waals surface area contributed by atoms with Crippen LogP contribution in [-0.2, 0) is 11.2 Å². The smallest absolute Gasteiger partial charge is 0.251 e. The van der Waals surface area contributed by atoms with Gasteiger partial charge in [0.1, 0.15) is 5.75 Å². The summed E-state index contributed by atoms with van der Waals surface area (Å²) in [4.78, 5) is 26.0. The molecular weight excluding hydrogens is 328 g/mol. The summed E-state index contributed by atoms with van der Waals surface area (Å²) in [5.41, 5.74) is 3.56. The second-order valence-electron chi connectivity index (χ2n) is 6.49. The molecule has 5 nitrogen and oxygen atoms in total. The Balaban J connectivity index is 1.70. The molecule has 0 saturated heterocycles. The van der Waals surface area contributed by atoms with Gasteiger partial charge in [-0.3, -0.25) is 9.59 Å². The SMILES string of the molecule is CCOc1ccc(C(C)NC(=O)c2ccc3c(c2)CCC(=O)N3C)cc1. The molecule has 136 valence electrons. The Morgan fingerprint density at radius 2 is 1.92 bits per heavy atom. The van der Waals surface area contributed by atoms with Gasteiger partial charge in [0, 0.05) is 24.7 Å². The molecule has 1 unspecified atom stereocenters. The number of nitrogens with one attached hydrogen (secondary N) is 1. The molecule has 2 amide bonds. The Morgan fingerprint density at radius 3 is 2.62 bits per heavy atom. The quantitative estimate of drug-likeness (QED) is 0.896. The van der Waals surface area contributed by atoms with Crippen molar-refractivity contribution >= 4 is 17.5 Å². The van der Waals surface area contributed by atoms with E-state index in [2.05, 4.69) is 5.32 Å². The maximum Gasteiger partial charge on any atom is 0.251 e. The van der Waals surface area contributed by atoms with Crippen LogP contribution in [0.15, 0.2) is 42.5 Å². The molecule has 0 radical (unpaired) electrons. The molecule has 1 aliphatic rings. The van der Waals surface area contributed by atoms with Gasteiger partial charge >= 0.3 is 0 Å². The number of ether oxygens (including phenoxy) is 1. The molecule has 3 rings (SSSR count). The van der Waals surface area contributed by atoms with Gasteiger partial charge in [0.2, 0.25) is 5.91 Å². The Morgan fingerprint density at radius 1 is 1.19 bits per heavy atom. The van der Waals surface area contributed by atoms with Crippen molar-refractivity contribution in [2.24, 2.45) is 0 Å². The minimum absolute atomic E-state index is 0.110. The summed E-state index contributed by atoms with van der Waals surface area (Å²) >= 11 is 0. The topological polar surface area (TPSA) is 58.6 Å². The third-order valence-corrected chi connectivity index (χ3v) is 4.72. The summed E-state index contributed by atoms with van der Waals surface area (Å²) < 4.78 is 5.44. The zero-order chi connectivity index (χ0) is 18.7. The Hall–Kier alpha value is -2.82. The van der Waals surface area contributed by atoms with Gasteiger partial charge in [0.15, 0.2) is 0 Å². The van der Waals surface area contributed by atoms with Crippen molar-refractivity contribution in [3.8, 4) is 5.75 Å². The molecule has 0 aromatic heterocycles. The van der Waals surface area contributed by atoms with Crippen molar-refractivity contribution in [1.82, 2.24) is 5.32 Å². The van der Waals surface area contributed by atoms with Gasteiger partial charge < -0.3 is 15.0 Å². The summed E-state index contributed by atoms with van der Waals surface area (Å²) in [6.07, 6.45) is 1.16. The van der Waals surface area contributed by atoms with E-state index in [0.29, 0.717) is 25.0 Å². The molecule has 1 aliphatic heterocycles. The predicted molar refractivity (Wildman–Crippen MR) is 102 cm³/mol. The minimum Gasteiger partial charge on any atom is -0.494 e. The van der Waals surface area contributed by atoms with Crippen LogP contribution in [0.25, 0.3) is 0 Å². The van der Waals surface area contributed by atoms with Crippen molar-refractivity contribution < 1.29 is 14.3 Å². The number of benzene rings is 2. The highest BCUT2D eigenvalue weighted by Crippen LogP contribution is 2.28. The molecule has 2 aromatic rings. The second kappa shape index (κ2) is 7.60. The molecule has 1 atom stereocenters. The first-order chi connectivity index (χ1) is 12.5. The predicted octanol–water partition coefficient (Wildman–Crippen LogP) is 3.49. The summed E-state index contributed by atoms with van der Waals surface area (Å²) in [6.45, 7) is 4.53. The molecule has 2 aromatic carbocycles. The molecule has 0 bridgehead atoms. The fourth-order valence-electron chi connectivity index (χ4n) is 3.18. The summed E-state index contributed by atoms with van der Waals surface area (Å²) in [6, 6.07) is 13.1.